The number of nitrogens with one attached hydrogen (secondary N) is 1. The maximum atomic E-state index is 4.63. The van der Waals surface area contributed by atoms with Gasteiger partial charge in [0.05, 0.1) is 21.0 Å². The predicted molar refractivity (Wildman–Crippen MR) is 85.1 cm³/mol. The van der Waals surface area contributed by atoms with Gasteiger partial charge in [-0.25, -0.2) is 9.97 Å². The molecule has 1 N–H and O–H groups in total. The molecule has 0 atom stereocenters. The summed E-state index contributed by atoms with van der Waals surface area (Å²) < 4.78 is 2.88. The highest BCUT2D eigenvalue weighted by atomic mass is 127. The molecule has 6 heteroatoms. The van der Waals surface area contributed by atoms with Crippen molar-refractivity contribution in [3.63, 3.8) is 0 Å². The predicted octanol–water partition coefficient (Wildman–Crippen LogP) is 2.87. The molecule has 0 aliphatic rings. The van der Waals surface area contributed by atoms with Gasteiger partial charge in [0.15, 0.2) is 5.82 Å². The van der Waals surface area contributed by atoms with E-state index in [0.717, 1.165) is 45.9 Å². The van der Waals surface area contributed by atoms with Gasteiger partial charge >= 0.3 is 0 Å². The first-order chi connectivity index (χ1) is 9.15. The smallest absolute Gasteiger partial charge is 0.165 e. The second-order valence-corrected chi connectivity index (χ2v) is 5.42. The SMILES string of the molecule is CCCNc1nc(-c2cnn(C)c2)nc(CC)c1I. The van der Waals surface area contributed by atoms with E-state index in [1.807, 2.05) is 13.2 Å². The lowest BCUT2D eigenvalue weighted by Crippen LogP contribution is -2.08. The minimum absolute atomic E-state index is 0.740. The standard InChI is InChI=1S/C13H18IN5/c1-4-6-15-13-11(14)10(5-2)17-12(18-13)9-7-16-19(3)8-9/h7-8H,4-6H2,1-3H3,(H,15,17,18). The third-order valence-corrected chi connectivity index (χ3v) is 3.89. The molecule has 19 heavy (non-hydrogen) atoms. The molecule has 0 amide bonds. The molecule has 102 valence electrons. The quantitative estimate of drug-likeness (QED) is 0.822. The van der Waals surface area contributed by atoms with Gasteiger partial charge in [0.25, 0.3) is 0 Å². The molecule has 2 aromatic heterocycles. The van der Waals surface area contributed by atoms with Crippen LogP contribution in [0.5, 0.6) is 0 Å². The molecule has 0 saturated heterocycles. The second-order valence-electron chi connectivity index (χ2n) is 4.34. The number of hydrogen-bond acceptors (Lipinski definition) is 4. The van der Waals surface area contributed by atoms with Gasteiger partial charge in [0.1, 0.15) is 5.82 Å². The minimum atomic E-state index is 0.740. The lowest BCUT2D eigenvalue weighted by molar-refractivity contribution is 0.768. The summed E-state index contributed by atoms with van der Waals surface area (Å²) in [6.07, 6.45) is 5.70. The molecular weight excluding hydrogens is 353 g/mol. The first kappa shape index (κ1) is 14.2. The Kier molecular flexibility index (Phi) is 4.73. The van der Waals surface area contributed by atoms with Gasteiger partial charge in [0.2, 0.25) is 0 Å². The van der Waals surface area contributed by atoms with E-state index < -0.39 is 0 Å². The summed E-state index contributed by atoms with van der Waals surface area (Å²) in [6, 6.07) is 0. The number of aromatic nitrogens is 4. The number of halogens is 1. The highest BCUT2D eigenvalue weighted by molar-refractivity contribution is 14.1. The Morgan fingerprint density at radius 2 is 2.11 bits per heavy atom. The maximum Gasteiger partial charge on any atom is 0.165 e. The molecule has 0 unspecified atom stereocenters. The van der Waals surface area contributed by atoms with Crippen molar-refractivity contribution >= 4 is 28.4 Å². The normalized spacial score (nSPS) is 10.7. The summed E-state index contributed by atoms with van der Waals surface area (Å²) in [5, 5.41) is 7.55. The van der Waals surface area contributed by atoms with Crippen LogP contribution in [-0.2, 0) is 13.5 Å². The molecule has 0 bridgehead atoms. The highest BCUT2D eigenvalue weighted by Gasteiger charge is 2.12. The topological polar surface area (TPSA) is 55.6 Å². The summed E-state index contributed by atoms with van der Waals surface area (Å²) in [5.41, 5.74) is 2.03. The minimum Gasteiger partial charge on any atom is -0.369 e. The Hall–Kier alpha value is -1.18. The lowest BCUT2D eigenvalue weighted by atomic mass is 10.2. The largest absolute Gasteiger partial charge is 0.369 e. The fraction of sp³-hybridized carbons (Fsp3) is 0.462. The molecule has 0 aliphatic carbocycles. The van der Waals surface area contributed by atoms with Crippen molar-refractivity contribution in [2.45, 2.75) is 26.7 Å². The Balaban J connectivity index is 2.44. The maximum absolute atomic E-state index is 4.63. The van der Waals surface area contributed by atoms with E-state index in [-0.39, 0.29) is 0 Å². The van der Waals surface area contributed by atoms with Crippen molar-refractivity contribution in [2.75, 3.05) is 11.9 Å². The zero-order chi connectivity index (χ0) is 13.8. The van der Waals surface area contributed by atoms with E-state index in [1.165, 1.54) is 0 Å². The van der Waals surface area contributed by atoms with Crippen LogP contribution in [0.3, 0.4) is 0 Å². The Bertz CT molecular complexity index is 564. The van der Waals surface area contributed by atoms with Gasteiger partial charge in [0, 0.05) is 19.8 Å². The van der Waals surface area contributed by atoms with Crippen molar-refractivity contribution in [1.82, 2.24) is 19.7 Å². The summed E-state index contributed by atoms with van der Waals surface area (Å²) in [4.78, 5) is 9.25. The van der Waals surface area contributed by atoms with Gasteiger partial charge in [-0.2, -0.15) is 5.10 Å². The van der Waals surface area contributed by atoms with Crippen LogP contribution in [0, 0.1) is 3.57 Å². The number of nitrogens with zero attached hydrogens (tertiary/aromatic N) is 4. The van der Waals surface area contributed by atoms with Crippen LogP contribution >= 0.6 is 22.6 Å². The van der Waals surface area contributed by atoms with Gasteiger partial charge < -0.3 is 5.32 Å². The molecule has 0 spiro atoms. The van der Waals surface area contributed by atoms with Gasteiger partial charge in [-0.1, -0.05) is 13.8 Å². The zero-order valence-corrected chi connectivity index (χ0v) is 13.6. The monoisotopic (exact) mass is 371 g/mol. The van der Waals surface area contributed by atoms with E-state index in [2.05, 4.69) is 56.8 Å². The molecule has 0 radical (unpaired) electrons. The Morgan fingerprint density at radius 1 is 1.32 bits per heavy atom. The van der Waals surface area contributed by atoms with Gasteiger partial charge in [-0.15, -0.1) is 0 Å². The van der Waals surface area contributed by atoms with E-state index in [9.17, 15) is 0 Å². The lowest BCUT2D eigenvalue weighted by Gasteiger charge is -2.11. The average Bonchev–Trinajstić information content (AvgIpc) is 2.84. The van der Waals surface area contributed by atoms with Crippen LogP contribution in [0.4, 0.5) is 5.82 Å². The summed E-state index contributed by atoms with van der Waals surface area (Å²) in [7, 11) is 1.90. The number of anilines is 1. The second kappa shape index (κ2) is 6.31. The molecule has 2 aromatic rings. The summed E-state index contributed by atoms with van der Waals surface area (Å²) in [5.74, 6) is 1.66. The van der Waals surface area contributed by atoms with Crippen molar-refractivity contribution in [2.24, 2.45) is 7.05 Å². The van der Waals surface area contributed by atoms with Crippen molar-refractivity contribution < 1.29 is 0 Å². The van der Waals surface area contributed by atoms with Crippen LogP contribution < -0.4 is 5.32 Å². The van der Waals surface area contributed by atoms with Crippen molar-refractivity contribution in [3.8, 4) is 11.4 Å². The summed E-state index contributed by atoms with van der Waals surface area (Å²) in [6.45, 7) is 5.17. The van der Waals surface area contributed by atoms with E-state index in [1.54, 1.807) is 10.9 Å². The van der Waals surface area contributed by atoms with E-state index in [4.69, 9.17) is 0 Å². The van der Waals surface area contributed by atoms with Gasteiger partial charge in [-0.3, -0.25) is 4.68 Å². The van der Waals surface area contributed by atoms with Crippen LogP contribution in [0.2, 0.25) is 0 Å². The summed E-state index contributed by atoms with van der Waals surface area (Å²) >= 11 is 2.31. The van der Waals surface area contributed by atoms with Crippen LogP contribution in [0.25, 0.3) is 11.4 Å². The van der Waals surface area contributed by atoms with Crippen LogP contribution in [-0.4, -0.2) is 26.3 Å². The zero-order valence-electron chi connectivity index (χ0n) is 11.4. The number of rotatable bonds is 5. The molecule has 0 fully saturated rings. The number of hydrogen-bond donors (Lipinski definition) is 1. The van der Waals surface area contributed by atoms with Gasteiger partial charge in [-0.05, 0) is 35.4 Å². The molecule has 0 aromatic carbocycles. The van der Waals surface area contributed by atoms with Crippen LogP contribution in [0.15, 0.2) is 12.4 Å². The molecular formula is C13H18IN5. The number of aryl methyl sites for hydroxylation is 2. The van der Waals surface area contributed by atoms with Crippen molar-refractivity contribution in [3.05, 3.63) is 21.7 Å². The first-order valence-corrected chi connectivity index (χ1v) is 7.52. The van der Waals surface area contributed by atoms with E-state index in [0.29, 0.717) is 0 Å². The molecule has 0 saturated carbocycles. The molecule has 0 aliphatic heterocycles. The Morgan fingerprint density at radius 3 is 2.68 bits per heavy atom. The third-order valence-electron chi connectivity index (χ3n) is 2.76. The van der Waals surface area contributed by atoms with Crippen LogP contribution in [0.1, 0.15) is 26.0 Å². The fourth-order valence-corrected chi connectivity index (χ4v) is 2.57. The van der Waals surface area contributed by atoms with Crippen molar-refractivity contribution in [1.29, 1.82) is 0 Å². The molecule has 2 rings (SSSR count). The van der Waals surface area contributed by atoms with E-state index >= 15 is 0 Å². The fourth-order valence-electron chi connectivity index (χ4n) is 1.75. The molecule has 5 nitrogen and oxygen atoms in total. The Labute approximate surface area is 127 Å². The highest BCUT2D eigenvalue weighted by Crippen LogP contribution is 2.24. The first-order valence-electron chi connectivity index (χ1n) is 6.45. The molecule has 2 heterocycles. The average molecular weight is 371 g/mol. The third kappa shape index (κ3) is 3.23.